The molecule has 1 aromatic carbocycles. The molecule has 1 heterocycles. The lowest BCUT2D eigenvalue weighted by molar-refractivity contribution is 0.0953. The molecule has 0 fully saturated rings. The molecule has 2 rings (SSSR count). The first-order valence-electron chi connectivity index (χ1n) is 5.69. The fourth-order valence-corrected chi connectivity index (χ4v) is 1.69. The Morgan fingerprint density at radius 1 is 1.50 bits per heavy atom. The Kier molecular flexibility index (Phi) is 3.72. The van der Waals surface area contributed by atoms with Gasteiger partial charge in [-0.2, -0.15) is 5.10 Å². The molecule has 0 atom stereocenters. The number of hydrogen-bond donors (Lipinski definition) is 2. The third kappa shape index (κ3) is 2.94. The van der Waals surface area contributed by atoms with Gasteiger partial charge in [-0.15, -0.1) is 0 Å². The monoisotopic (exact) mass is 247 g/mol. The maximum atomic E-state index is 12.9. The van der Waals surface area contributed by atoms with Crippen LogP contribution in [-0.4, -0.2) is 22.6 Å². The summed E-state index contributed by atoms with van der Waals surface area (Å²) >= 11 is 0. The van der Waals surface area contributed by atoms with Gasteiger partial charge in [-0.1, -0.05) is 12.1 Å². The van der Waals surface area contributed by atoms with Gasteiger partial charge in [0.25, 0.3) is 5.91 Å². The van der Waals surface area contributed by atoms with Crippen molar-refractivity contribution in [3.63, 3.8) is 0 Å². The largest absolute Gasteiger partial charge is 0.352 e. The van der Waals surface area contributed by atoms with Crippen molar-refractivity contribution in [2.75, 3.05) is 6.54 Å². The lowest BCUT2D eigenvalue weighted by atomic mass is 10.1. The number of aromatic amines is 1. The average Bonchev–Trinajstić information content (AvgIpc) is 2.75. The third-order valence-corrected chi connectivity index (χ3v) is 2.66. The number of rotatable bonds is 4. The van der Waals surface area contributed by atoms with Gasteiger partial charge in [0.2, 0.25) is 0 Å². The summed E-state index contributed by atoms with van der Waals surface area (Å²) in [5, 5.41) is 9.26. The summed E-state index contributed by atoms with van der Waals surface area (Å²) in [6.45, 7) is 2.25. The predicted octanol–water partition coefficient (Wildman–Crippen LogP) is 1.83. The number of hydrogen-bond acceptors (Lipinski definition) is 2. The number of carbonyl (C=O) groups is 1. The van der Waals surface area contributed by atoms with Crippen molar-refractivity contribution in [3.05, 3.63) is 53.1 Å². The Morgan fingerprint density at radius 3 is 3.00 bits per heavy atom. The molecule has 0 aliphatic rings. The molecule has 1 amide bonds. The second-order valence-electron chi connectivity index (χ2n) is 4.04. The van der Waals surface area contributed by atoms with Crippen LogP contribution in [0.5, 0.6) is 0 Å². The quantitative estimate of drug-likeness (QED) is 0.866. The summed E-state index contributed by atoms with van der Waals surface area (Å²) < 4.78 is 12.9. The Labute approximate surface area is 104 Å². The van der Waals surface area contributed by atoms with E-state index in [1.165, 1.54) is 18.3 Å². The maximum absolute atomic E-state index is 12.9. The molecule has 0 saturated heterocycles. The average molecular weight is 247 g/mol. The molecule has 1 aromatic heterocycles. The molecule has 18 heavy (non-hydrogen) atoms. The Balaban J connectivity index is 1.86. The highest BCUT2D eigenvalue weighted by molar-refractivity contribution is 5.94. The number of halogens is 1. The number of benzene rings is 1. The summed E-state index contributed by atoms with van der Waals surface area (Å²) in [7, 11) is 0. The zero-order valence-electron chi connectivity index (χ0n) is 10.0. The molecule has 2 N–H and O–H groups in total. The molecule has 0 saturated carbocycles. The van der Waals surface area contributed by atoms with Gasteiger partial charge in [0.05, 0.1) is 11.8 Å². The number of aromatic nitrogens is 2. The van der Waals surface area contributed by atoms with Crippen molar-refractivity contribution in [1.82, 2.24) is 15.5 Å². The molecular weight excluding hydrogens is 233 g/mol. The molecule has 2 aromatic rings. The fourth-order valence-electron chi connectivity index (χ4n) is 1.69. The molecular formula is C13H14FN3O. The molecule has 0 unspecified atom stereocenters. The lowest BCUT2D eigenvalue weighted by Crippen LogP contribution is -2.25. The predicted molar refractivity (Wildman–Crippen MR) is 65.8 cm³/mol. The van der Waals surface area contributed by atoms with Crippen molar-refractivity contribution in [2.45, 2.75) is 13.3 Å². The van der Waals surface area contributed by atoms with Crippen LogP contribution in [0.2, 0.25) is 0 Å². The van der Waals surface area contributed by atoms with E-state index in [0.29, 0.717) is 18.5 Å². The zero-order chi connectivity index (χ0) is 13.0. The van der Waals surface area contributed by atoms with E-state index in [1.54, 1.807) is 13.0 Å². The first kappa shape index (κ1) is 12.3. The fraction of sp³-hybridized carbons (Fsp3) is 0.231. The van der Waals surface area contributed by atoms with Crippen molar-refractivity contribution < 1.29 is 9.18 Å². The summed E-state index contributed by atoms with van der Waals surface area (Å²) in [6.07, 6.45) is 2.09. The third-order valence-electron chi connectivity index (χ3n) is 2.66. The number of aryl methyl sites for hydroxylation is 1. The van der Waals surface area contributed by atoms with Crippen LogP contribution in [0.3, 0.4) is 0 Å². The summed E-state index contributed by atoms with van der Waals surface area (Å²) in [4.78, 5) is 11.7. The van der Waals surface area contributed by atoms with E-state index in [9.17, 15) is 9.18 Å². The lowest BCUT2D eigenvalue weighted by Gasteiger charge is -2.04. The molecule has 5 heteroatoms. The van der Waals surface area contributed by atoms with E-state index < -0.39 is 0 Å². The van der Waals surface area contributed by atoms with Crippen molar-refractivity contribution in [3.8, 4) is 0 Å². The van der Waals surface area contributed by atoms with Crippen molar-refractivity contribution in [1.29, 1.82) is 0 Å². The molecule has 0 aliphatic carbocycles. The minimum Gasteiger partial charge on any atom is -0.352 e. The first-order chi connectivity index (χ1) is 8.66. The van der Waals surface area contributed by atoms with Crippen LogP contribution in [0, 0.1) is 12.7 Å². The van der Waals surface area contributed by atoms with Gasteiger partial charge in [-0.25, -0.2) is 4.39 Å². The second-order valence-corrected chi connectivity index (χ2v) is 4.04. The van der Waals surface area contributed by atoms with E-state index in [4.69, 9.17) is 0 Å². The number of carbonyl (C=O) groups excluding carboxylic acids is 1. The van der Waals surface area contributed by atoms with Gasteiger partial charge in [0.15, 0.2) is 0 Å². The second kappa shape index (κ2) is 5.44. The summed E-state index contributed by atoms with van der Waals surface area (Å²) in [5.74, 6) is -0.429. The summed E-state index contributed by atoms with van der Waals surface area (Å²) in [6, 6.07) is 6.36. The van der Waals surface area contributed by atoms with E-state index in [1.807, 2.05) is 6.07 Å². The smallest absolute Gasteiger partial charge is 0.254 e. The Morgan fingerprint density at radius 2 is 2.33 bits per heavy atom. The normalized spacial score (nSPS) is 10.3. The van der Waals surface area contributed by atoms with Crippen LogP contribution in [0.25, 0.3) is 0 Å². The first-order valence-corrected chi connectivity index (χ1v) is 5.69. The number of nitrogens with zero attached hydrogens (tertiary/aromatic N) is 1. The maximum Gasteiger partial charge on any atom is 0.254 e. The van der Waals surface area contributed by atoms with Crippen LogP contribution < -0.4 is 5.32 Å². The molecule has 0 bridgehead atoms. The van der Waals surface area contributed by atoms with Crippen LogP contribution in [-0.2, 0) is 6.42 Å². The van der Waals surface area contributed by atoms with Crippen LogP contribution >= 0.6 is 0 Å². The molecule has 4 nitrogen and oxygen atoms in total. The van der Waals surface area contributed by atoms with Gasteiger partial charge >= 0.3 is 0 Å². The van der Waals surface area contributed by atoms with Gasteiger partial charge in [-0.3, -0.25) is 9.89 Å². The number of H-pyrrole nitrogens is 1. The SMILES string of the molecule is Cc1[nH]ncc1C(=O)NCCc1cccc(F)c1. The Hall–Kier alpha value is -2.17. The summed E-state index contributed by atoms with van der Waals surface area (Å²) in [5.41, 5.74) is 2.13. The standard InChI is InChI=1S/C13H14FN3O/c1-9-12(8-16-17-9)13(18)15-6-5-10-3-2-4-11(14)7-10/h2-4,7-8H,5-6H2,1H3,(H,15,18)(H,16,17). The Bertz CT molecular complexity index is 551. The van der Waals surface area contributed by atoms with Gasteiger partial charge in [0.1, 0.15) is 5.82 Å². The number of amides is 1. The topological polar surface area (TPSA) is 57.8 Å². The van der Waals surface area contributed by atoms with Gasteiger partial charge in [0, 0.05) is 12.2 Å². The molecule has 0 spiro atoms. The van der Waals surface area contributed by atoms with Crippen LogP contribution in [0.15, 0.2) is 30.5 Å². The highest BCUT2D eigenvalue weighted by Gasteiger charge is 2.09. The molecule has 0 aliphatic heterocycles. The van der Waals surface area contributed by atoms with Crippen molar-refractivity contribution >= 4 is 5.91 Å². The minimum atomic E-state index is -0.260. The van der Waals surface area contributed by atoms with E-state index in [2.05, 4.69) is 15.5 Å². The van der Waals surface area contributed by atoms with E-state index in [0.717, 1.165) is 11.3 Å². The molecule has 94 valence electrons. The van der Waals surface area contributed by atoms with E-state index >= 15 is 0 Å². The van der Waals surface area contributed by atoms with Gasteiger partial charge < -0.3 is 5.32 Å². The van der Waals surface area contributed by atoms with Crippen molar-refractivity contribution in [2.24, 2.45) is 0 Å². The minimum absolute atomic E-state index is 0.169. The highest BCUT2D eigenvalue weighted by atomic mass is 19.1. The van der Waals surface area contributed by atoms with E-state index in [-0.39, 0.29) is 11.7 Å². The van der Waals surface area contributed by atoms with Crippen LogP contribution in [0.4, 0.5) is 4.39 Å². The number of nitrogens with one attached hydrogen (secondary N) is 2. The van der Waals surface area contributed by atoms with Crippen LogP contribution in [0.1, 0.15) is 21.6 Å². The zero-order valence-corrected chi connectivity index (χ0v) is 10.0. The highest BCUT2D eigenvalue weighted by Crippen LogP contribution is 2.04. The van der Waals surface area contributed by atoms with Gasteiger partial charge in [-0.05, 0) is 31.0 Å². The molecule has 0 radical (unpaired) electrons.